The molecule has 6 heteroatoms. The zero-order valence-electron chi connectivity index (χ0n) is 14.3. The summed E-state index contributed by atoms with van der Waals surface area (Å²) in [6, 6.07) is 14.9. The fourth-order valence-corrected chi connectivity index (χ4v) is 3.98. The summed E-state index contributed by atoms with van der Waals surface area (Å²) >= 11 is 0. The number of hydrogen-bond acceptors (Lipinski definition) is 6. The summed E-state index contributed by atoms with van der Waals surface area (Å²) in [5, 5.41) is 23.1. The molecular weight excluding hydrogens is 346 g/mol. The molecule has 0 saturated heterocycles. The van der Waals surface area contributed by atoms with Crippen molar-refractivity contribution in [2.24, 2.45) is 0 Å². The fraction of sp³-hybridized carbons (Fsp3) is 0.0952. The van der Waals surface area contributed by atoms with E-state index < -0.39 is 11.6 Å². The molecule has 0 aromatic heterocycles. The second kappa shape index (κ2) is 5.17. The Hall–Kier alpha value is -3.67. The number of ether oxygens (including phenoxy) is 2. The lowest BCUT2D eigenvalue weighted by molar-refractivity contribution is 0.0226. The maximum atomic E-state index is 12.7. The second-order valence-corrected chi connectivity index (χ2v) is 6.52. The van der Waals surface area contributed by atoms with Gasteiger partial charge in [0.2, 0.25) is 0 Å². The number of carbonyl (C=O) groups excluding carboxylic acids is 1. The Morgan fingerprint density at radius 2 is 1.70 bits per heavy atom. The first kappa shape index (κ1) is 15.6. The predicted molar refractivity (Wildman–Crippen MR) is 97.6 cm³/mol. The third kappa shape index (κ3) is 1.92. The van der Waals surface area contributed by atoms with Gasteiger partial charge in [-0.2, -0.15) is 0 Å². The van der Waals surface area contributed by atoms with Crippen molar-refractivity contribution < 1.29 is 24.5 Å². The number of esters is 1. The van der Waals surface area contributed by atoms with Gasteiger partial charge in [0.15, 0.2) is 5.60 Å². The third-order valence-electron chi connectivity index (χ3n) is 5.04. The van der Waals surface area contributed by atoms with Crippen molar-refractivity contribution in [2.45, 2.75) is 5.60 Å². The molecule has 2 aliphatic rings. The van der Waals surface area contributed by atoms with E-state index >= 15 is 0 Å². The van der Waals surface area contributed by atoms with E-state index in [-0.39, 0.29) is 11.5 Å². The molecule has 3 aromatic rings. The maximum Gasteiger partial charge on any atom is 0.340 e. The van der Waals surface area contributed by atoms with Crippen LogP contribution >= 0.6 is 0 Å². The van der Waals surface area contributed by atoms with Gasteiger partial charge in [0, 0.05) is 42.1 Å². The molecule has 134 valence electrons. The predicted octanol–water partition coefficient (Wildman–Crippen LogP) is 3.71. The van der Waals surface area contributed by atoms with Gasteiger partial charge >= 0.3 is 5.97 Å². The van der Waals surface area contributed by atoms with Crippen LogP contribution in [-0.4, -0.2) is 23.2 Å². The van der Waals surface area contributed by atoms with E-state index in [1.165, 1.54) is 18.2 Å². The lowest BCUT2D eigenvalue weighted by Gasteiger charge is -2.37. The Kier molecular flexibility index (Phi) is 2.98. The normalized spacial score (nSPS) is 18.9. The number of benzene rings is 3. The van der Waals surface area contributed by atoms with Crippen molar-refractivity contribution in [3.63, 3.8) is 0 Å². The largest absolute Gasteiger partial charge is 0.508 e. The number of carbonyl (C=O) groups is 1. The summed E-state index contributed by atoms with van der Waals surface area (Å²) < 4.78 is 12.0. The van der Waals surface area contributed by atoms with Gasteiger partial charge in [-0.1, -0.05) is 18.2 Å². The van der Waals surface area contributed by atoms with E-state index in [9.17, 15) is 15.0 Å². The first-order valence-electron chi connectivity index (χ1n) is 8.44. The maximum absolute atomic E-state index is 12.7. The molecule has 2 aliphatic heterocycles. The first-order valence-corrected chi connectivity index (χ1v) is 8.44. The summed E-state index contributed by atoms with van der Waals surface area (Å²) in [5.74, 6) is 0.308. The number of fused-ring (bicyclic) bond motifs is 6. The van der Waals surface area contributed by atoms with Crippen molar-refractivity contribution in [1.82, 2.24) is 0 Å². The molecule has 1 atom stereocenters. The minimum atomic E-state index is -1.24. The summed E-state index contributed by atoms with van der Waals surface area (Å²) in [6.45, 7) is 0. The minimum absolute atomic E-state index is 0.00876. The lowest BCUT2D eigenvalue weighted by Crippen LogP contribution is -2.33. The van der Waals surface area contributed by atoms with Crippen molar-refractivity contribution in [3.05, 3.63) is 76.9 Å². The number of phenols is 2. The SMILES string of the molecule is CNc1cc(O)cc2c1C1(OC(=O)c3ccccc31)c1ccc(O)cc1O2. The van der Waals surface area contributed by atoms with E-state index in [1.807, 2.05) is 12.1 Å². The summed E-state index contributed by atoms with van der Waals surface area (Å²) in [5.41, 5.74) is 1.70. The van der Waals surface area contributed by atoms with Gasteiger partial charge in [-0.05, 0) is 18.2 Å². The highest BCUT2D eigenvalue weighted by molar-refractivity contribution is 5.97. The Bertz CT molecular complexity index is 1120. The van der Waals surface area contributed by atoms with Gasteiger partial charge in [0.1, 0.15) is 23.0 Å². The Labute approximate surface area is 154 Å². The Morgan fingerprint density at radius 1 is 0.926 bits per heavy atom. The van der Waals surface area contributed by atoms with Crippen LogP contribution in [-0.2, 0) is 10.3 Å². The van der Waals surface area contributed by atoms with Crippen LogP contribution < -0.4 is 10.1 Å². The molecule has 0 radical (unpaired) electrons. The molecule has 1 unspecified atom stereocenters. The van der Waals surface area contributed by atoms with E-state index in [2.05, 4.69) is 5.32 Å². The zero-order chi connectivity index (χ0) is 18.8. The molecule has 6 nitrogen and oxygen atoms in total. The molecule has 0 bridgehead atoms. The Balaban J connectivity index is 1.94. The summed E-state index contributed by atoms with van der Waals surface area (Å²) in [4.78, 5) is 12.7. The van der Waals surface area contributed by atoms with E-state index in [1.54, 1.807) is 31.3 Å². The molecule has 27 heavy (non-hydrogen) atoms. The van der Waals surface area contributed by atoms with E-state index in [0.717, 1.165) is 0 Å². The molecule has 3 N–H and O–H groups in total. The number of hydrogen-bond donors (Lipinski definition) is 3. The number of phenolic OH excluding ortho intramolecular Hbond substituents is 2. The van der Waals surface area contributed by atoms with Crippen LogP contribution in [0, 0.1) is 0 Å². The number of rotatable bonds is 1. The summed E-state index contributed by atoms with van der Waals surface area (Å²) in [6.07, 6.45) is 0. The third-order valence-corrected chi connectivity index (χ3v) is 5.04. The van der Waals surface area contributed by atoms with Crippen LogP contribution in [0.3, 0.4) is 0 Å². The molecule has 3 aromatic carbocycles. The second-order valence-electron chi connectivity index (χ2n) is 6.52. The fourth-order valence-electron chi connectivity index (χ4n) is 3.98. The highest BCUT2D eigenvalue weighted by Crippen LogP contribution is 2.59. The highest BCUT2D eigenvalue weighted by atomic mass is 16.6. The van der Waals surface area contributed by atoms with Crippen LogP contribution in [0.25, 0.3) is 0 Å². The van der Waals surface area contributed by atoms with Crippen LogP contribution in [0.4, 0.5) is 5.69 Å². The van der Waals surface area contributed by atoms with Crippen molar-refractivity contribution in [3.8, 4) is 23.0 Å². The molecule has 0 fully saturated rings. The van der Waals surface area contributed by atoms with Gasteiger partial charge in [0.25, 0.3) is 0 Å². The van der Waals surface area contributed by atoms with Crippen molar-refractivity contribution in [2.75, 3.05) is 12.4 Å². The standard InChI is InChI=1S/C21H15NO5/c1-22-16-8-12(24)10-18-19(16)21(15-7-6-11(23)9-17(15)26-18)14-5-3-2-4-13(14)20(25)27-21/h2-10,22-24H,1H3. The van der Waals surface area contributed by atoms with Crippen LogP contribution in [0.15, 0.2) is 54.6 Å². The van der Waals surface area contributed by atoms with E-state index in [4.69, 9.17) is 9.47 Å². The van der Waals surface area contributed by atoms with Crippen LogP contribution in [0.2, 0.25) is 0 Å². The number of nitrogens with one attached hydrogen (secondary N) is 1. The molecule has 0 saturated carbocycles. The summed E-state index contributed by atoms with van der Waals surface area (Å²) in [7, 11) is 1.72. The van der Waals surface area contributed by atoms with Gasteiger partial charge in [-0.25, -0.2) is 4.79 Å². The zero-order valence-corrected chi connectivity index (χ0v) is 14.3. The number of aromatic hydroxyl groups is 2. The van der Waals surface area contributed by atoms with Gasteiger partial charge in [0.05, 0.1) is 11.1 Å². The van der Waals surface area contributed by atoms with Gasteiger partial charge in [-0.15, -0.1) is 0 Å². The van der Waals surface area contributed by atoms with Gasteiger partial charge < -0.3 is 25.0 Å². The highest BCUT2D eigenvalue weighted by Gasteiger charge is 2.54. The molecule has 0 amide bonds. The lowest BCUT2D eigenvalue weighted by atomic mass is 9.77. The van der Waals surface area contributed by atoms with Gasteiger partial charge in [-0.3, -0.25) is 0 Å². The van der Waals surface area contributed by atoms with Crippen LogP contribution in [0.1, 0.15) is 27.0 Å². The molecule has 0 aliphatic carbocycles. The number of anilines is 1. The Morgan fingerprint density at radius 3 is 2.52 bits per heavy atom. The average Bonchev–Trinajstić information content (AvgIpc) is 2.94. The van der Waals surface area contributed by atoms with E-state index in [0.29, 0.717) is 39.4 Å². The average molecular weight is 361 g/mol. The minimum Gasteiger partial charge on any atom is -0.508 e. The van der Waals surface area contributed by atoms with Crippen LogP contribution in [0.5, 0.6) is 23.0 Å². The quantitative estimate of drug-likeness (QED) is 0.573. The van der Waals surface area contributed by atoms with Crippen molar-refractivity contribution >= 4 is 11.7 Å². The monoisotopic (exact) mass is 361 g/mol. The first-order chi connectivity index (χ1) is 13.0. The molecule has 5 rings (SSSR count). The topological polar surface area (TPSA) is 88.0 Å². The molecule has 1 spiro atoms. The van der Waals surface area contributed by atoms with Crippen molar-refractivity contribution in [1.29, 1.82) is 0 Å². The molecular formula is C21H15NO5. The smallest absolute Gasteiger partial charge is 0.340 e. The molecule has 2 heterocycles.